The van der Waals surface area contributed by atoms with E-state index in [1.54, 1.807) is 19.1 Å². The summed E-state index contributed by atoms with van der Waals surface area (Å²) < 4.78 is 11.1. The number of allylic oxidation sites excluding steroid dienone is 2. The summed E-state index contributed by atoms with van der Waals surface area (Å²) in [5.41, 5.74) is 6.47. The van der Waals surface area contributed by atoms with Gasteiger partial charge in [-0.2, -0.15) is 0 Å². The standard InChI is InChI=1S/C28H43N3O5/c1-19(2)9-7-5-6-8-10-26(32)30-18-21-11-16-24(25(17-21)35-4)36-28(34)22-12-14-23(15-13-22)31-27(33)20(3)29/h7,9,11,16-17,19-20,22-23H,5-6,8,10,12-15,18,29H2,1-4H3,(H,30,32)(H,31,33)/b9-7+. The van der Waals surface area contributed by atoms with Crippen LogP contribution in [0.1, 0.15) is 77.7 Å². The van der Waals surface area contributed by atoms with Crippen LogP contribution in [0.15, 0.2) is 30.4 Å². The van der Waals surface area contributed by atoms with Crippen molar-refractivity contribution < 1.29 is 23.9 Å². The average molecular weight is 502 g/mol. The van der Waals surface area contributed by atoms with E-state index in [2.05, 4.69) is 36.6 Å². The van der Waals surface area contributed by atoms with Gasteiger partial charge in [-0.25, -0.2) is 0 Å². The second-order valence-corrected chi connectivity index (χ2v) is 9.95. The number of amides is 2. The van der Waals surface area contributed by atoms with Gasteiger partial charge in [-0.15, -0.1) is 0 Å². The molecule has 200 valence electrons. The van der Waals surface area contributed by atoms with Gasteiger partial charge < -0.3 is 25.8 Å². The van der Waals surface area contributed by atoms with Crippen molar-refractivity contribution in [3.05, 3.63) is 35.9 Å². The van der Waals surface area contributed by atoms with Gasteiger partial charge in [-0.1, -0.05) is 32.1 Å². The number of esters is 1. The topological polar surface area (TPSA) is 120 Å². The molecule has 8 heteroatoms. The Labute approximate surface area is 215 Å². The van der Waals surface area contributed by atoms with Gasteiger partial charge in [0, 0.05) is 19.0 Å². The first-order valence-corrected chi connectivity index (χ1v) is 13.1. The summed E-state index contributed by atoms with van der Waals surface area (Å²) >= 11 is 0. The second-order valence-electron chi connectivity index (χ2n) is 9.95. The molecule has 0 saturated heterocycles. The van der Waals surface area contributed by atoms with Crippen LogP contribution in [0.25, 0.3) is 0 Å². The van der Waals surface area contributed by atoms with Crippen LogP contribution in [-0.4, -0.2) is 37.0 Å². The number of carbonyl (C=O) groups excluding carboxylic acids is 3. The Morgan fingerprint density at radius 1 is 1.08 bits per heavy atom. The zero-order chi connectivity index (χ0) is 26.5. The molecule has 2 rings (SSSR count). The Kier molecular flexibility index (Phi) is 12.5. The van der Waals surface area contributed by atoms with Crippen molar-refractivity contribution >= 4 is 17.8 Å². The molecule has 0 heterocycles. The molecule has 0 aromatic heterocycles. The van der Waals surface area contributed by atoms with Crippen LogP contribution in [-0.2, 0) is 20.9 Å². The summed E-state index contributed by atoms with van der Waals surface area (Å²) in [5, 5.41) is 5.86. The lowest BCUT2D eigenvalue weighted by Crippen LogP contribution is -2.45. The summed E-state index contributed by atoms with van der Waals surface area (Å²) in [7, 11) is 1.52. The number of nitrogens with two attached hydrogens (primary N) is 1. The number of unbranched alkanes of at least 4 members (excludes halogenated alkanes) is 2. The van der Waals surface area contributed by atoms with E-state index in [4.69, 9.17) is 15.2 Å². The van der Waals surface area contributed by atoms with Crippen molar-refractivity contribution in [2.45, 2.75) is 90.8 Å². The second kappa shape index (κ2) is 15.3. The van der Waals surface area contributed by atoms with Gasteiger partial charge in [-0.05, 0) is 75.5 Å². The minimum absolute atomic E-state index is 0.0185. The van der Waals surface area contributed by atoms with E-state index >= 15 is 0 Å². The summed E-state index contributed by atoms with van der Waals surface area (Å²) in [4.78, 5) is 36.7. The van der Waals surface area contributed by atoms with Gasteiger partial charge in [0.15, 0.2) is 11.5 Å². The minimum Gasteiger partial charge on any atom is -0.493 e. The molecular formula is C28H43N3O5. The first-order chi connectivity index (χ1) is 17.2. The lowest BCUT2D eigenvalue weighted by atomic mass is 9.86. The Morgan fingerprint density at radius 2 is 1.81 bits per heavy atom. The molecule has 0 spiro atoms. The summed E-state index contributed by atoms with van der Waals surface area (Å²) in [6, 6.07) is 4.80. The van der Waals surface area contributed by atoms with Crippen molar-refractivity contribution in [2.24, 2.45) is 17.6 Å². The molecule has 4 N–H and O–H groups in total. The first-order valence-electron chi connectivity index (χ1n) is 13.1. The molecule has 0 bridgehead atoms. The number of rotatable bonds is 13. The predicted octanol–water partition coefficient (Wildman–Crippen LogP) is 4.01. The van der Waals surface area contributed by atoms with Gasteiger partial charge in [0.25, 0.3) is 0 Å². The molecule has 1 saturated carbocycles. The molecule has 0 radical (unpaired) electrons. The Morgan fingerprint density at radius 3 is 2.44 bits per heavy atom. The first kappa shape index (κ1) is 29.4. The molecule has 1 aliphatic carbocycles. The van der Waals surface area contributed by atoms with E-state index in [9.17, 15) is 14.4 Å². The van der Waals surface area contributed by atoms with Crippen molar-refractivity contribution in [1.82, 2.24) is 10.6 Å². The highest BCUT2D eigenvalue weighted by molar-refractivity contribution is 5.81. The number of ether oxygens (including phenoxy) is 2. The van der Waals surface area contributed by atoms with Crippen molar-refractivity contribution in [1.29, 1.82) is 0 Å². The highest BCUT2D eigenvalue weighted by atomic mass is 16.6. The van der Waals surface area contributed by atoms with Gasteiger partial charge in [0.05, 0.1) is 19.1 Å². The van der Waals surface area contributed by atoms with E-state index in [1.165, 1.54) is 7.11 Å². The molecule has 1 fully saturated rings. The number of benzene rings is 1. The van der Waals surface area contributed by atoms with Crippen LogP contribution in [0.4, 0.5) is 0 Å². The number of nitrogens with one attached hydrogen (secondary N) is 2. The normalized spacial score (nSPS) is 18.6. The van der Waals surface area contributed by atoms with Gasteiger partial charge in [-0.3, -0.25) is 14.4 Å². The van der Waals surface area contributed by atoms with Gasteiger partial charge >= 0.3 is 5.97 Å². The third-order valence-electron chi connectivity index (χ3n) is 6.29. The molecular weight excluding hydrogens is 458 g/mol. The Balaban J connectivity index is 1.77. The maximum absolute atomic E-state index is 12.7. The molecule has 0 aliphatic heterocycles. The zero-order valence-electron chi connectivity index (χ0n) is 22.2. The average Bonchev–Trinajstić information content (AvgIpc) is 2.85. The van der Waals surface area contributed by atoms with Crippen LogP contribution in [0.2, 0.25) is 0 Å². The van der Waals surface area contributed by atoms with E-state index < -0.39 is 6.04 Å². The number of carbonyl (C=O) groups is 3. The Bertz CT molecular complexity index is 889. The number of hydrogen-bond acceptors (Lipinski definition) is 6. The quantitative estimate of drug-likeness (QED) is 0.163. The molecule has 2 amide bonds. The fraction of sp³-hybridized carbons (Fsp3) is 0.607. The largest absolute Gasteiger partial charge is 0.493 e. The van der Waals surface area contributed by atoms with Crippen molar-refractivity contribution in [2.75, 3.05) is 7.11 Å². The highest BCUT2D eigenvalue weighted by Crippen LogP contribution is 2.31. The SMILES string of the molecule is COc1cc(CNC(=O)CCCC/C=C/C(C)C)ccc1OC(=O)C1CCC(NC(=O)C(C)N)CC1. The molecule has 1 unspecified atom stereocenters. The Hall–Kier alpha value is -2.87. The van der Waals surface area contributed by atoms with E-state index in [-0.39, 0.29) is 29.7 Å². The van der Waals surface area contributed by atoms with Crippen LogP contribution in [0.3, 0.4) is 0 Å². The van der Waals surface area contributed by atoms with Crippen LogP contribution in [0, 0.1) is 11.8 Å². The smallest absolute Gasteiger partial charge is 0.314 e. The maximum atomic E-state index is 12.7. The lowest BCUT2D eigenvalue weighted by Gasteiger charge is -2.28. The third kappa shape index (κ3) is 10.4. The maximum Gasteiger partial charge on any atom is 0.314 e. The van der Waals surface area contributed by atoms with E-state index in [0.29, 0.717) is 56.1 Å². The van der Waals surface area contributed by atoms with Crippen LogP contribution < -0.4 is 25.8 Å². The molecule has 8 nitrogen and oxygen atoms in total. The lowest BCUT2D eigenvalue weighted by molar-refractivity contribution is -0.140. The molecule has 1 aromatic carbocycles. The predicted molar refractivity (Wildman–Crippen MR) is 140 cm³/mol. The summed E-state index contributed by atoms with van der Waals surface area (Å²) in [6.45, 7) is 6.33. The highest BCUT2D eigenvalue weighted by Gasteiger charge is 2.29. The summed E-state index contributed by atoms with van der Waals surface area (Å²) in [6.07, 6.45) is 10.4. The van der Waals surface area contributed by atoms with E-state index in [1.807, 2.05) is 6.07 Å². The van der Waals surface area contributed by atoms with Gasteiger partial charge in [0.1, 0.15) is 0 Å². The van der Waals surface area contributed by atoms with Gasteiger partial charge in [0.2, 0.25) is 11.8 Å². The number of methoxy groups -OCH3 is 1. The molecule has 1 aliphatic rings. The van der Waals surface area contributed by atoms with Crippen LogP contribution >= 0.6 is 0 Å². The van der Waals surface area contributed by atoms with E-state index in [0.717, 1.165) is 24.8 Å². The molecule has 1 aromatic rings. The third-order valence-corrected chi connectivity index (χ3v) is 6.29. The molecule has 36 heavy (non-hydrogen) atoms. The number of hydrogen-bond donors (Lipinski definition) is 3. The molecule has 1 atom stereocenters. The van der Waals surface area contributed by atoms with Crippen molar-refractivity contribution in [3.63, 3.8) is 0 Å². The minimum atomic E-state index is -0.543. The van der Waals surface area contributed by atoms with Crippen LogP contribution in [0.5, 0.6) is 11.5 Å². The zero-order valence-corrected chi connectivity index (χ0v) is 22.2. The van der Waals surface area contributed by atoms with Crippen molar-refractivity contribution in [3.8, 4) is 11.5 Å². The monoisotopic (exact) mass is 501 g/mol. The summed E-state index contributed by atoms with van der Waals surface area (Å²) in [5.74, 6) is 0.694. The fourth-order valence-electron chi connectivity index (χ4n) is 4.11. The fourth-order valence-corrected chi connectivity index (χ4v) is 4.11.